The van der Waals surface area contributed by atoms with Crippen molar-refractivity contribution >= 4 is 31.6 Å². The topological polar surface area (TPSA) is 68.2 Å². The predicted octanol–water partition coefficient (Wildman–Crippen LogP) is 3.63. The molecular formula is C20H24N2O3S2. The zero-order chi connectivity index (χ0) is 19.8. The quantitative estimate of drug-likeness (QED) is 0.682. The summed E-state index contributed by atoms with van der Waals surface area (Å²) in [7, 11) is -1.98. The Labute approximate surface area is 163 Å². The lowest BCUT2D eigenvalue weighted by molar-refractivity contribution is 0.418. The Morgan fingerprint density at radius 3 is 2.48 bits per heavy atom. The Morgan fingerprint density at radius 2 is 1.81 bits per heavy atom. The van der Waals surface area contributed by atoms with Crippen molar-refractivity contribution in [2.75, 3.05) is 0 Å². The van der Waals surface area contributed by atoms with Crippen molar-refractivity contribution < 1.29 is 8.42 Å². The van der Waals surface area contributed by atoms with Crippen LogP contribution in [0.25, 0.3) is 10.2 Å². The molecule has 3 aromatic rings. The van der Waals surface area contributed by atoms with Gasteiger partial charge in [0.25, 0.3) is 0 Å². The highest BCUT2D eigenvalue weighted by atomic mass is 32.2. The number of sulfonamides is 1. The van der Waals surface area contributed by atoms with Crippen LogP contribution in [0.3, 0.4) is 0 Å². The number of hydrogen-bond donors (Lipinski definition) is 1. The van der Waals surface area contributed by atoms with Crippen molar-refractivity contribution in [3.63, 3.8) is 0 Å². The van der Waals surface area contributed by atoms with Gasteiger partial charge in [0.1, 0.15) is 0 Å². The molecule has 2 aromatic carbocycles. The Kier molecular flexibility index (Phi) is 5.29. The van der Waals surface area contributed by atoms with Crippen LogP contribution >= 0.6 is 11.3 Å². The van der Waals surface area contributed by atoms with Gasteiger partial charge in [0.15, 0.2) is 0 Å². The number of benzene rings is 2. The van der Waals surface area contributed by atoms with E-state index < -0.39 is 10.0 Å². The van der Waals surface area contributed by atoms with Crippen LogP contribution < -0.4 is 9.60 Å². The first kappa shape index (κ1) is 19.8. The highest BCUT2D eigenvalue weighted by Crippen LogP contribution is 2.29. The molecule has 0 bridgehead atoms. The standard InChI is InChI=1S/C20H24N2O3S2/c1-14(13-20(2,3)15-8-6-5-7-9-15)21-27(24,25)16-10-11-17-18(12-16)26-19(23)22(17)4/h5-12,14,21H,13H2,1-4H3/t14-/m0/s1. The summed E-state index contributed by atoms with van der Waals surface area (Å²) in [4.78, 5) is 11.9. The molecule has 0 fully saturated rings. The summed E-state index contributed by atoms with van der Waals surface area (Å²) in [6.07, 6.45) is 0.664. The maximum atomic E-state index is 12.8. The summed E-state index contributed by atoms with van der Waals surface area (Å²) in [6.45, 7) is 6.10. The number of fused-ring (bicyclic) bond motifs is 1. The monoisotopic (exact) mass is 404 g/mol. The summed E-state index contributed by atoms with van der Waals surface area (Å²) in [5.41, 5.74) is 1.75. The number of aryl methyl sites for hydroxylation is 1. The lowest BCUT2D eigenvalue weighted by Gasteiger charge is -2.29. The molecule has 0 amide bonds. The summed E-state index contributed by atoms with van der Waals surface area (Å²) in [5.74, 6) is 0. The zero-order valence-electron chi connectivity index (χ0n) is 15.9. The third kappa shape index (κ3) is 4.15. The van der Waals surface area contributed by atoms with Gasteiger partial charge in [-0.2, -0.15) is 0 Å². The second-order valence-corrected chi connectivity index (χ2v) is 10.2. The minimum Gasteiger partial charge on any atom is -0.302 e. The van der Waals surface area contributed by atoms with E-state index in [9.17, 15) is 13.2 Å². The van der Waals surface area contributed by atoms with Crippen molar-refractivity contribution in [2.45, 2.75) is 43.5 Å². The highest BCUT2D eigenvalue weighted by molar-refractivity contribution is 7.89. The van der Waals surface area contributed by atoms with Crippen LogP contribution in [0.4, 0.5) is 0 Å². The predicted molar refractivity (Wildman–Crippen MR) is 111 cm³/mol. The average Bonchev–Trinajstić information content (AvgIpc) is 2.88. The third-order valence-corrected chi connectivity index (χ3v) is 7.38. The van der Waals surface area contributed by atoms with Crippen molar-refractivity contribution in [3.05, 3.63) is 63.8 Å². The van der Waals surface area contributed by atoms with E-state index in [1.807, 2.05) is 25.1 Å². The van der Waals surface area contributed by atoms with Crippen molar-refractivity contribution in [1.82, 2.24) is 9.29 Å². The van der Waals surface area contributed by atoms with Gasteiger partial charge in [0.05, 0.1) is 15.1 Å². The van der Waals surface area contributed by atoms with E-state index in [1.165, 1.54) is 10.1 Å². The molecule has 0 radical (unpaired) electrons. The number of thiazole rings is 1. The highest BCUT2D eigenvalue weighted by Gasteiger charge is 2.26. The summed E-state index contributed by atoms with van der Waals surface area (Å²) in [6, 6.07) is 14.6. The van der Waals surface area contributed by atoms with Gasteiger partial charge in [-0.3, -0.25) is 4.79 Å². The van der Waals surface area contributed by atoms with E-state index in [1.54, 1.807) is 25.2 Å². The lowest BCUT2D eigenvalue weighted by atomic mass is 9.79. The third-order valence-electron chi connectivity index (χ3n) is 4.80. The fraction of sp³-hybridized carbons (Fsp3) is 0.350. The minimum atomic E-state index is -3.66. The van der Waals surface area contributed by atoms with E-state index in [0.717, 1.165) is 16.9 Å². The van der Waals surface area contributed by atoms with Crippen LogP contribution in [-0.4, -0.2) is 19.0 Å². The minimum absolute atomic E-state index is 0.106. The Bertz CT molecular complexity index is 1110. The van der Waals surface area contributed by atoms with Crippen LogP contribution in [0, 0.1) is 0 Å². The van der Waals surface area contributed by atoms with Crippen LogP contribution in [0.2, 0.25) is 0 Å². The first-order valence-corrected chi connectivity index (χ1v) is 11.1. The summed E-state index contributed by atoms with van der Waals surface area (Å²) >= 11 is 1.05. The molecule has 0 saturated heterocycles. The molecule has 1 aromatic heterocycles. The van der Waals surface area contributed by atoms with Gasteiger partial charge in [0.2, 0.25) is 10.0 Å². The Morgan fingerprint density at radius 1 is 1.15 bits per heavy atom. The molecule has 3 rings (SSSR count). The zero-order valence-corrected chi connectivity index (χ0v) is 17.5. The lowest BCUT2D eigenvalue weighted by Crippen LogP contribution is -2.37. The van der Waals surface area contributed by atoms with Gasteiger partial charge >= 0.3 is 4.87 Å². The number of hydrogen-bond acceptors (Lipinski definition) is 4. The number of nitrogens with one attached hydrogen (secondary N) is 1. The molecule has 7 heteroatoms. The van der Waals surface area contributed by atoms with Gasteiger partial charge in [0, 0.05) is 13.1 Å². The van der Waals surface area contributed by atoms with Gasteiger partial charge in [-0.05, 0) is 42.5 Å². The van der Waals surface area contributed by atoms with E-state index in [0.29, 0.717) is 11.1 Å². The molecular weight excluding hydrogens is 380 g/mol. The van der Waals surface area contributed by atoms with Crippen molar-refractivity contribution in [3.8, 4) is 0 Å². The molecule has 0 aliphatic carbocycles. The van der Waals surface area contributed by atoms with E-state index >= 15 is 0 Å². The molecule has 27 heavy (non-hydrogen) atoms. The van der Waals surface area contributed by atoms with Crippen LogP contribution in [0.1, 0.15) is 32.8 Å². The maximum absolute atomic E-state index is 12.8. The van der Waals surface area contributed by atoms with Crippen LogP contribution in [0.15, 0.2) is 58.2 Å². The first-order chi connectivity index (χ1) is 12.6. The molecule has 0 aliphatic heterocycles. The number of aromatic nitrogens is 1. The Hall–Kier alpha value is -1.96. The molecule has 0 unspecified atom stereocenters. The molecule has 144 valence electrons. The molecule has 1 heterocycles. The molecule has 0 saturated carbocycles. The Balaban J connectivity index is 1.80. The SMILES string of the molecule is C[C@@H](CC(C)(C)c1ccccc1)NS(=O)(=O)c1ccc2c(c1)sc(=O)n2C. The summed E-state index contributed by atoms with van der Waals surface area (Å²) < 4.78 is 30.6. The normalized spacial score (nSPS) is 13.8. The van der Waals surface area contributed by atoms with Gasteiger partial charge in [-0.25, -0.2) is 13.1 Å². The van der Waals surface area contributed by atoms with E-state index in [-0.39, 0.29) is 21.2 Å². The average molecular weight is 405 g/mol. The van der Waals surface area contributed by atoms with Gasteiger partial charge < -0.3 is 4.57 Å². The van der Waals surface area contributed by atoms with Crippen LogP contribution in [0.5, 0.6) is 0 Å². The molecule has 1 N–H and O–H groups in total. The molecule has 5 nitrogen and oxygen atoms in total. The maximum Gasteiger partial charge on any atom is 0.307 e. The molecule has 0 aliphatic rings. The fourth-order valence-corrected chi connectivity index (χ4v) is 5.69. The number of rotatable bonds is 6. The largest absolute Gasteiger partial charge is 0.307 e. The molecule has 1 atom stereocenters. The smallest absolute Gasteiger partial charge is 0.302 e. The fourth-order valence-electron chi connectivity index (χ4n) is 3.43. The van der Waals surface area contributed by atoms with Gasteiger partial charge in [-0.15, -0.1) is 0 Å². The van der Waals surface area contributed by atoms with E-state index in [2.05, 4.69) is 30.7 Å². The second-order valence-electron chi connectivity index (χ2n) is 7.53. The van der Waals surface area contributed by atoms with Crippen LogP contribution in [-0.2, 0) is 22.5 Å². The molecule has 0 spiro atoms. The van der Waals surface area contributed by atoms with Crippen molar-refractivity contribution in [2.24, 2.45) is 7.05 Å². The van der Waals surface area contributed by atoms with E-state index in [4.69, 9.17) is 0 Å². The second kappa shape index (κ2) is 7.22. The number of nitrogens with zero attached hydrogens (tertiary/aromatic N) is 1. The van der Waals surface area contributed by atoms with Crippen molar-refractivity contribution in [1.29, 1.82) is 0 Å². The first-order valence-electron chi connectivity index (χ1n) is 8.77. The van der Waals surface area contributed by atoms with Gasteiger partial charge in [-0.1, -0.05) is 55.5 Å². The summed E-state index contributed by atoms with van der Waals surface area (Å²) in [5, 5.41) is 0.